The zero-order chi connectivity index (χ0) is 18.5. The van der Waals surface area contributed by atoms with Gasteiger partial charge in [-0.15, -0.1) is 0 Å². The first kappa shape index (κ1) is 18.5. The smallest absolute Gasteiger partial charge is 0.262 e. The van der Waals surface area contributed by atoms with Gasteiger partial charge in [-0.1, -0.05) is 23.7 Å². The molecule has 2 aromatic carbocycles. The first-order valence-electron chi connectivity index (χ1n) is 8.65. The van der Waals surface area contributed by atoms with Crippen LogP contribution in [0.3, 0.4) is 0 Å². The van der Waals surface area contributed by atoms with Crippen LogP contribution < -0.4 is 15.0 Å². The van der Waals surface area contributed by atoms with Gasteiger partial charge in [-0.2, -0.15) is 0 Å². The molecule has 0 saturated carbocycles. The number of ether oxygens (including phenoxy) is 2. The topological polar surface area (TPSA) is 50.8 Å². The summed E-state index contributed by atoms with van der Waals surface area (Å²) in [7, 11) is 0. The minimum absolute atomic E-state index is 0.0580. The van der Waals surface area contributed by atoms with Gasteiger partial charge in [0, 0.05) is 13.1 Å². The fraction of sp³-hybridized carbons (Fsp3) is 0.350. The van der Waals surface area contributed by atoms with Crippen molar-refractivity contribution < 1.29 is 14.3 Å². The molecule has 26 heavy (non-hydrogen) atoms. The van der Waals surface area contributed by atoms with Gasteiger partial charge in [-0.3, -0.25) is 4.79 Å². The van der Waals surface area contributed by atoms with Crippen molar-refractivity contribution in [1.82, 2.24) is 0 Å². The SMILES string of the molecule is Cc1ccc(OCC(=O)Nc2cccc(Cl)c2N2CCOCC2)cc1C. The van der Waals surface area contributed by atoms with Crippen LogP contribution in [0.15, 0.2) is 36.4 Å². The number of para-hydroxylation sites is 1. The van der Waals surface area contributed by atoms with E-state index in [9.17, 15) is 4.79 Å². The van der Waals surface area contributed by atoms with E-state index in [-0.39, 0.29) is 12.5 Å². The quantitative estimate of drug-likeness (QED) is 0.864. The summed E-state index contributed by atoms with van der Waals surface area (Å²) in [5, 5.41) is 3.52. The van der Waals surface area contributed by atoms with Gasteiger partial charge in [-0.05, 0) is 49.2 Å². The maximum Gasteiger partial charge on any atom is 0.262 e. The third-order valence-electron chi connectivity index (χ3n) is 4.44. The minimum atomic E-state index is -0.222. The summed E-state index contributed by atoms with van der Waals surface area (Å²) in [6.45, 7) is 6.78. The number of nitrogens with one attached hydrogen (secondary N) is 1. The van der Waals surface area contributed by atoms with E-state index in [0.717, 1.165) is 24.3 Å². The average molecular weight is 375 g/mol. The molecule has 1 aliphatic heterocycles. The van der Waals surface area contributed by atoms with E-state index < -0.39 is 0 Å². The largest absolute Gasteiger partial charge is 0.484 e. The van der Waals surface area contributed by atoms with Crippen LogP contribution in [0.4, 0.5) is 11.4 Å². The first-order chi connectivity index (χ1) is 12.5. The Balaban J connectivity index is 1.67. The van der Waals surface area contributed by atoms with Crippen LogP contribution in [0.1, 0.15) is 11.1 Å². The van der Waals surface area contributed by atoms with E-state index in [4.69, 9.17) is 21.1 Å². The highest BCUT2D eigenvalue weighted by atomic mass is 35.5. The van der Waals surface area contributed by atoms with Crippen LogP contribution >= 0.6 is 11.6 Å². The highest BCUT2D eigenvalue weighted by Crippen LogP contribution is 2.34. The van der Waals surface area contributed by atoms with Gasteiger partial charge in [0.1, 0.15) is 5.75 Å². The van der Waals surface area contributed by atoms with Gasteiger partial charge in [-0.25, -0.2) is 0 Å². The second-order valence-electron chi connectivity index (χ2n) is 6.32. The molecule has 1 N–H and O–H groups in total. The Morgan fingerprint density at radius 1 is 1.19 bits per heavy atom. The van der Waals surface area contributed by atoms with E-state index in [1.165, 1.54) is 5.56 Å². The molecule has 0 radical (unpaired) electrons. The second-order valence-corrected chi connectivity index (χ2v) is 6.73. The van der Waals surface area contributed by atoms with Gasteiger partial charge in [0.05, 0.1) is 29.6 Å². The van der Waals surface area contributed by atoms with Crippen LogP contribution in [0.2, 0.25) is 5.02 Å². The summed E-state index contributed by atoms with van der Waals surface area (Å²) >= 11 is 6.39. The number of morpholine rings is 1. The molecule has 6 heteroatoms. The fourth-order valence-electron chi connectivity index (χ4n) is 2.86. The van der Waals surface area contributed by atoms with Crippen LogP contribution in [0.25, 0.3) is 0 Å². The lowest BCUT2D eigenvalue weighted by molar-refractivity contribution is -0.118. The first-order valence-corrected chi connectivity index (χ1v) is 9.03. The molecule has 1 fully saturated rings. The lowest BCUT2D eigenvalue weighted by Crippen LogP contribution is -2.37. The number of aryl methyl sites for hydroxylation is 2. The predicted octanol–water partition coefficient (Wildman–Crippen LogP) is 3.81. The Labute approximate surface area is 158 Å². The van der Waals surface area contributed by atoms with Crippen molar-refractivity contribution in [3.8, 4) is 5.75 Å². The number of carbonyl (C=O) groups excluding carboxylic acids is 1. The molecule has 0 aromatic heterocycles. The molecule has 138 valence electrons. The Kier molecular flexibility index (Phi) is 6.01. The van der Waals surface area contributed by atoms with E-state index in [1.54, 1.807) is 0 Å². The molecule has 0 bridgehead atoms. The van der Waals surface area contributed by atoms with Crippen LogP contribution in [-0.4, -0.2) is 38.8 Å². The Hall–Kier alpha value is -2.24. The average Bonchev–Trinajstić information content (AvgIpc) is 2.63. The van der Waals surface area contributed by atoms with E-state index in [1.807, 2.05) is 50.2 Å². The highest BCUT2D eigenvalue weighted by molar-refractivity contribution is 6.34. The molecule has 0 spiro atoms. The number of benzene rings is 2. The Bertz CT molecular complexity index is 789. The Morgan fingerprint density at radius 3 is 2.69 bits per heavy atom. The van der Waals surface area contributed by atoms with E-state index in [2.05, 4.69) is 10.2 Å². The minimum Gasteiger partial charge on any atom is -0.484 e. The van der Waals surface area contributed by atoms with E-state index in [0.29, 0.717) is 29.7 Å². The Morgan fingerprint density at radius 2 is 1.96 bits per heavy atom. The van der Waals surface area contributed by atoms with Crippen molar-refractivity contribution >= 4 is 28.9 Å². The second kappa shape index (κ2) is 8.43. The maximum absolute atomic E-state index is 12.4. The van der Waals surface area contributed by atoms with Crippen molar-refractivity contribution in [2.45, 2.75) is 13.8 Å². The monoisotopic (exact) mass is 374 g/mol. The summed E-state index contributed by atoms with van der Waals surface area (Å²) in [6.07, 6.45) is 0. The van der Waals surface area contributed by atoms with Gasteiger partial charge in [0.15, 0.2) is 6.61 Å². The van der Waals surface area contributed by atoms with Crippen molar-refractivity contribution in [3.05, 3.63) is 52.5 Å². The number of amides is 1. The third-order valence-corrected chi connectivity index (χ3v) is 4.74. The third kappa shape index (κ3) is 4.48. The zero-order valence-corrected chi connectivity index (χ0v) is 15.8. The fourth-order valence-corrected chi connectivity index (χ4v) is 3.16. The number of hydrogen-bond donors (Lipinski definition) is 1. The van der Waals surface area contributed by atoms with Gasteiger partial charge < -0.3 is 19.7 Å². The maximum atomic E-state index is 12.4. The summed E-state index contributed by atoms with van der Waals surface area (Å²) in [4.78, 5) is 14.5. The molecular formula is C20H23ClN2O3. The lowest BCUT2D eigenvalue weighted by Gasteiger charge is -2.31. The molecule has 0 unspecified atom stereocenters. The van der Waals surface area contributed by atoms with E-state index >= 15 is 0 Å². The molecule has 5 nitrogen and oxygen atoms in total. The number of nitrogens with zero attached hydrogens (tertiary/aromatic N) is 1. The molecule has 1 aliphatic rings. The molecule has 1 heterocycles. The molecule has 1 amide bonds. The van der Waals surface area contributed by atoms with Crippen molar-refractivity contribution in [2.75, 3.05) is 43.1 Å². The molecule has 2 aromatic rings. The summed E-state index contributed by atoms with van der Waals surface area (Å²) in [5.41, 5.74) is 3.84. The van der Waals surface area contributed by atoms with Crippen molar-refractivity contribution in [2.24, 2.45) is 0 Å². The molecule has 0 atom stereocenters. The molecular weight excluding hydrogens is 352 g/mol. The summed E-state index contributed by atoms with van der Waals surface area (Å²) < 4.78 is 11.0. The van der Waals surface area contributed by atoms with Gasteiger partial charge >= 0.3 is 0 Å². The summed E-state index contributed by atoms with van der Waals surface area (Å²) in [6, 6.07) is 11.3. The van der Waals surface area contributed by atoms with Crippen LogP contribution in [0.5, 0.6) is 5.75 Å². The number of halogens is 1. The standard InChI is InChI=1S/C20H23ClN2O3/c1-14-6-7-16(12-15(14)2)26-13-19(24)22-18-5-3-4-17(21)20(18)23-8-10-25-11-9-23/h3-7,12H,8-11,13H2,1-2H3,(H,22,24). The number of anilines is 2. The van der Waals surface area contributed by atoms with Crippen LogP contribution in [-0.2, 0) is 9.53 Å². The molecule has 0 aliphatic carbocycles. The number of hydrogen-bond acceptors (Lipinski definition) is 4. The van der Waals surface area contributed by atoms with Crippen molar-refractivity contribution in [1.29, 1.82) is 0 Å². The number of rotatable bonds is 5. The van der Waals surface area contributed by atoms with Gasteiger partial charge in [0.2, 0.25) is 0 Å². The predicted molar refractivity (Wildman–Crippen MR) is 105 cm³/mol. The molecule has 1 saturated heterocycles. The normalized spacial score (nSPS) is 14.2. The lowest BCUT2D eigenvalue weighted by atomic mass is 10.1. The summed E-state index contributed by atoms with van der Waals surface area (Å²) in [5.74, 6) is 0.461. The highest BCUT2D eigenvalue weighted by Gasteiger charge is 2.19. The van der Waals surface area contributed by atoms with Gasteiger partial charge in [0.25, 0.3) is 5.91 Å². The number of carbonyl (C=O) groups is 1. The zero-order valence-electron chi connectivity index (χ0n) is 15.0. The van der Waals surface area contributed by atoms with Crippen molar-refractivity contribution in [3.63, 3.8) is 0 Å². The molecule has 3 rings (SSSR count). The van der Waals surface area contributed by atoms with Crippen LogP contribution in [0, 0.1) is 13.8 Å².